The molecule has 1 atom stereocenters. The maximum absolute atomic E-state index is 5.05. The van der Waals surface area contributed by atoms with E-state index in [9.17, 15) is 0 Å². The molecule has 0 saturated carbocycles. The number of hydrogen-bond acceptors (Lipinski definition) is 2. The number of methoxy groups -OCH3 is 1. The molecule has 0 radical (unpaired) electrons. The lowest BCUT2D eigenvalue weighted by Crippen LogP contribution is -2.22. The first-order valence-electron chi connectivity index (χ1n) is 5.19. The third kappa shape index (κ3) is 4.28. The van der Waals surface area contributed by atoms with Gasteiger partial charge in [0, 0.05) is 19.7 Å². The van der Waals surface area contributed by atoms with Gasteiger partial charge in [0.25, 0.3) is 0 Å². The minimum Gasteiger partial charge on any atom is -0.380 e. The van der Waals surface area contributed by atoms with E-state index in [1.165, 1.54) is 11.1 Å². The van der Waals surface area contributed by atoms with Gasteiger partial charge in [-0.1, -0.05) is 30.3 Å². The molecule has 2 nitrogen and oxygen atoms in total. The van der Waals surface area contributed by atoms with Gasteiger partial charge in [0.1, 0.15) is 0 Å². The highest BCUT2D eigenvalue weighted by molar-refractivity contribution is 5.22. The van der Waals surface area contributed by atoms with E-state index in [1.54, 1.807) is 7.11 Å². The third-order valence-electron chi connectivity index (χ3n) is 2.32. The van der Waals surface area contributed by atoms with Crippen LogP contribution in [0.1, 0.15) is 18.1 Å². The van der Waals surface area contributed by atoms with Crippen LogP contribution < -0.4 is 5.32 Å². The van der Waals surface area contributed by atoms with E-state index in [2.05, 4.69) is 43.1 Å². The van der Waals surface area contributed by atoms with Crippen molar-refractivity contribution in [3.05, 3.63) is 48.0 Å². The van der Waals surface area contributed by atoms with E-state index >= 15 is 0 Å². The van der Waals surface area contributed by atoms with Crippen molar-refractivity contribution >= 4 is 0 Å². The Labute approximate surface area is 92.0 Å². The van der Waals surface area contributed by atoms with Gasteiger partial charge in [-0.3, -0.25) is 0 Å². The Morgan fingerprint density at radius 2 is 1.93 bits per heavy atom. The second-order valence-corrected chi connectivity index (χ2v) is 3.65. The van der Waals surface area contributed by atoms with Crippen LogP contribution >= 0.6 is 0 Å². The number of benzene rings is 1. The summed E-state index contributed by atoms with van der Waals surface area (Å²) in [5.41, 5.74) is 2.49. The van der Waals surface area contributed by atoms with Gasteiger partial charge in [-0.2, -0.15) is 0 Å². The van der Waals surface area contributed by atoms with Gasteiger partial charge in [-0.05, 0) is 18.1 Å². The average Bonchev–Trinajstić information content (AvgIpc) is 2.28. The van der Waals surface area contributed by atoms with Gasteiger partial charge in [0.15, 0.2) is 0 Å². The lowest BCUT2D eigenvalue weighted by Gasteiger charge is -2.09. The molecule has 0 spiro atoms. The largest absolute Gasteiger partial charge is 0.380 e. The van der Waals surface area contributed by atoms with Gasteiger partial charge in [-0.15, -0.1) is 6.58 Å². The Morgan fingerprint density at radius 3 is 2.47 bits per heavy atom. The van der Waals surface area contributed by atoms with Crippen LogP contribution in [0.5, 0.6) is 0 Å². The molecule has 1 N–H and O–H groups in total. The van der Waals surface area contributed by atoms with Crippen molar-refractivity contribution in [3.8, 4) is 0 Å². The van der Waals surface area contributed by atoms with Crippen LogP contribution in [0.25, 0.3) is 0 Å². The fourth-order valence-electron chi connectivity index (χ4n) is 1.28. The average molecular weight is 205 g/mol. The Balaban J connectivity index is 2.45. The van der Waals surface area contributed by atoms with Crippen molar-refractivity contribution in [1.29, 1.82) is 0 Å². The summed E-state index contributed by atoms with van der Waals surface area (Å²) in [6.07, 6.45) is 1.90. The monoisotopic (exact) mass is 205 g/mol. The summed E-state index contributed by atoms with van der Waals surface area (Å²) < 4.78 is 5.05. The molecule has 1 rings (SSSR count). The topological polar surface area (TPSA) is 21.3 Å². The van der Waals surface area contributed by atoms with Crippen molar-refractivity contribution in [2.75, 3.05) is 7.11 Å². The second kappa shape index (κ2) is 6.38. The van der Waals surface area contributed by atoms with Gasteiger partial charge in [-0.25, -0.2) is 0 Å². The van der Waals surface area contributed by atoms with E-state index in [0.717, 1.165) is 6.54 Å². The molecular weight excluding hydrogens is 186 g/mol. The van der Waals surface area contributed by atoms with Crippen LogP contribution in [-0.2, 0) is 17.9 Å². The molecule has 0 fully saturated rings. The normalized spacial score (nSPS) is 12.4. The van der Waals surface area contributed by atoms with E-state index in [-0.39, 0.29) is 0 Å². The summed E-state index contributed by atoms with van der Waals surface area (Å²) in [6, 6.07) is 8.79. The number of ether oxygens (including phenoxy) is 1. The lowest BCUT2D eigenvalue weighted by molar-refractivity contribution is 0.185. The second-order valence-electron chi connectivity index (χ2n) is 3.65. The highest BCUT2D eigenvalue weighted by Gasteiger charge is 1.97. The molecule has 0 aliphatic rings. The third-order valence-corrected chi connectivity index (χ3v) is 2.32. The molecule has 2 heteroatoms. The van der Waals surface area contributed by atoms with E-state index < -0.39 is 0 Å². The van der Waals surface area contributed by atoms with Crippen molar-refractivity contribution < 1.29 is 4.74 Å². The Hall–Kier alpha value is -1.12. The number of hydrogen-bond donors (Lipinski definition) is 1. The van der Waals surface area contributed by atoms with Crippen LogP contribution in [0.2, 0.25) is 0 Å². The van der Waals surface area contributed by atoms with Crippen LogP contribution in [0.15, 0.2) is 36.9 Å². The highest BCUT2D eigenvalue weighted by atomic mass is 16.5. The summed E-state index contributed by atoms with van der Waals surface area (Å²) >= 11 is 0. The van der Waals surface area contributed by atoms with Crippen LogP contribution in [0, 0.1) is 0 Å². The van der Waals surface area contributed by atoms with E-state index in [0.29, 0.717) is 12.6 Å². The van der Waals surface area contributed by atoms with Gasteiger partial charge in [0.2, 0.25) is 0 Å². The molecule has 0 aliphatic heterocycles. The summed E-state index contributed by atoms with van der Waals surface area (Å²) in [4.78, 5) is 0. The standard InChI is InChI=1S/C13H19NO/c1-4-11(2)14-9-12-5-7-13(8-6-12)10-15-3/h4-8,11,14H,1,9-10H2,2-3H3. The predicted octanol–water partition coefficient (Wildman–Crippen LogP) is 2.50. The zero-order valence-electron chi connectivity index (χ0n) is 9.49. The molecular formula is C13H19NO. The molecule has 0 saturated heterocycles. The lowest BCUT2D eigenvalue weighted by atomic mass is 10.1. The number of rotatable bonds is 6. The van der Waals surface area contributed by atoms with Crippen LogP contribution in [0.4, 0.5) is 0 Å². The Morgan fingerprint density at radius 1 is 1.33 bits per heavy atom. The summed E-state index contributed by atoms with van der Waals surface area (Å²) in [7, 11) is 1.71. The highest BCUT2D eigenvalue weighted by Crippen LogP contribution is 2.05. The van der Waals surface area contributed by atoms with Crippen molar-refractivity contribution in [1.82, 2.24) is 5.32 Å². The minimum absolute atomic E-state index is 0.351. The molecule has 0 heterocycles. The first kappa shape index (κ1) is 12.0. The summed E-state index contributed by atoms with van der Waals surface area (Å²) in [6.45, 7) is 7.37. The number of nitrogens with one attached hydrogen (secondary N) is 1. The maximum atomic E-state index is 5.05. The van der Waals surface area contributed by atoms with Gasteiger partial charge in [0.05, 0.1) is 6.61 Å². The first-order chi connectivity index (χ1) is 7.26. The van der Waals surface area contributed by atoms with Crippen molar-refractivity contribution in [2.24, 2.45) is 0 Å². The molecule has 0 aliphatic carbocycles. The Kier molecular flexibility index (Phi) is 5.08. The van der Waals surface area contributed by atoms with Crippen molar-refractivity contribution in [2.45, 2.75) is 26.1 Å². The molecule has 0 bridgehead atoms. The summed E-state index contributed by atoms with van der Waals surface area (Å²) in [5, 5.41) is 3.35. The SMILES string of the molecule is C=CC(C)NCc1ccc(COC)cc1. The molecule has 0 aromatic heterocycles. The quantitative estimate of drug-likeness (QED) is 0.720. The molecule has 82 valence electrons. The van der Waals surface area contributed by atoms with Crippen LogP contribution in [-0.4, -0.2) is 13.2 Å². The molecule has 1 aromatic rings. The van der Waals surface area contributed by atoms with Gasteiger partial charge >= 0.3 is 0 Å². The fourth-order valence-corrected chi connectivity index (χ4v) is 1.28. The van der Waals surface area contributed by atoms with E-state index in [1.807, 2.05) is 6.08 Å². The fraction of sp³-hybridized carbons (Fsp3) is 0.385. The first-order valence-corrected chi connectivity index (χ1v) is 5.19. The Bertz CT molecular complexity index is 292. The van der Waals surface area contributed by atoms with Gasteiger partial charge < -0.3 is 10.1 Å². The summed E-state index contributed by atoms with van der Waals surface area (Å²) in [5.74, 6) is 0. The van der Waals surface area contributed by atoms with Crippen molar-refractivity contribution in [3.63, 3.8) is 0 Å². The van der Waals surface area contributed by atoms with E-state index in [4.69, 9.17) is 4.74 Å². The predicted molar refractivity (Wildman–Crippen MR) is 63.7 cm³/mol. The minimum atomic E-state index is 0.351. The smallest absolute Gasteiger partial charge is 0.0713 e. The molecule has 1 aromatic carbocycles. The van der Waals surface area contributed by atoms with Crippen LogP contribution in [0.3, 0.4) is 0 Å². The molecule has 15 heavy (non-hydrogen) atoms. The molecule has 1 unspecified atom stereocenters. The maximum Gasteiger partial charge on any atom is 0.0713 e. The zero-order valence-corrected chi connectivity index (χ0v) is 9.49. The molecule has 0 amide bonds. The zero-order chi connectivity index (χ0) is 11.1.